The normalized spacial score (nSPS) is 22.2. The number of likely N-dealkylation sites (N-methyl/N-ethyl adjacent to an activating group) is 1. The fourth-order valence-electron chi connectivity index (χ4n) is 5.33. The van der Waals surface area contributed by atoms with Gasteiger partial charge in [0.15, 0.2) is 5.75 Å². The van der Waals surface area contributed by atoms with E-state index in [2.05, 4.69) is 16.5 Å². The highest BCUT2D eigenvalue weighted by atomic mass is 35.5. The highest BCUT2D eigenvalue weighted by Crippen LogP contribution is 2.45. The average molecular weight is 532 g/mol. The maximum Gasteiger partial charge on any atom is 0.261 e. The number of hydrogen-bond acceptors (Lipinski definition) is 6. The quantitative estimate of drug-likeness (QED) is 0.567. The van der Waals surface area contributed by atoms with Gasteiger partial charge in [0.2, 0.25) is 5.91 Å². The van der Waals surface area contributed by atoms with Crippen molar-refractivity contribution in [1.82, 2.24) is 19.7 Å². The number of amides is 2. The number of carbonyl (C=O) groups excluding carboxylic acids is 2. The molecule has 2 atom stereocenters. The van der Waals surface area contributed by atoms with Gasteiger partial charge in [0, 0.05) is 45.3 Å². The molecule has 11 heteroatoms. The number of anilines is 1. The molecule has 0 spiro atoms. The first-order valence-corrected chi connectivity index (χ1v) is 12.6. The summed E-state index contributed by atoms with van der Waals surface area (Å²) in [7, 11) is 2.01. The molecule has 1 aromatic carbocycles. The molecule has 4 heterocycles. The van der Waals surface area contributed by atoms with Crippen LogP contribution < -0.4 is 9.64 Å². The first-order chi connectivity index (χ1) is 17.7. The molecular formula is C26H28ClF2N5O3. The van der Waals surface area contributed by atoms with Gasteiger partial charge < -0.3 is 24.3 Å². The first-order valence-electron chi connectivity index (χ1n) is 12.2. The van der Waals surface area contributed by atoms with Crippen LogP contribution in [0.15, 0.2) is 30.9 Å². The van der Waals surface area contributed by atoms with Crippen molar-refractivity contribution in [1.29, 1.82) is 0 Å². The van der Waals surface area contributed by atoms with E-state index in [-0.39, 0.29) is 64.4 Å². The van der Waals surface area contributed by atoms with E-state index in [0.29, 0.717) is 32.7 Å². The molecule has 2 fully saturated rings. The predicted octanol–water partition coefficient (Wildman–Crippen LogP) is 3.05. The molecule has 1 aromatic heterocycles. The highest BCUT2D eigenvalue weighted by Gasteiger charge is 2.41. The third-order valence-electron chi connectivity index (χ3n) is 7.24. The Kier molecular flexibility index (Phi) is 6.80. The van der Waals surface area contributed by atoms with Crippen molar-refractivity contribution in [3.63, 3.8) is 0 Å². The summed E-state index contributed by atoms with van der Waals surface area (Å²) in [6.07, 6.45) is 1.24. The zero-order chi connectivity index (χ0) is 26.4. The van der Waals surface area contributed by atoms with Gasteiger partial charge in [-0.15, -0.1) is 0 Å². The largest absolute Gasteiger partial charge is 0.489 e. The number of hydrogen-bond donors (Lipinski definition) is 0. The molecule has 1 unspecified atom stereocenters. The first kappa shape index (κ1) is 25.4. The summed E-state index contributed by atoms with van der Waals surface area (Å²) in [6, 6.07) is 3.07. The third-order valence-corrected chi connectivity index (χ3v) is 7.59. The molecule has 0 N–H and O–H groups in total. The van der Waals surface area contributed by atoms with E-state index in [1.54, 1.807) is 9.80 Å². The van der Waals surface area contributed by atoms with E-state index in [0.717, 1.165) is 12.1 Å². The van der Waals surface area contributed by atoms with Gasteiger partial charge in [-0.1, -0.05) is 24.2 Å². The van der Waals surface area contributed by atoms with E-state index >= 15 is 0 Å². The van der Waals surface area contributed by atoms with Gasteiger partial charge in [0.25, 0.3) is 5.91 Å². The van der Waals surface area contributed by atoms with Crippen LogP contribution in [0.3, 0.4) is 0 Å². The van der Waals surface area contributed by atoms with Crippen molar-refractivity contribution in [3.05, 3.63) is 53.1 Å². The molecular weight excluding hydrogens is 504 g/mol. The van der Waals surface area contributed by atoms with Crippen LogP contribution in [0, 0.1) is 11.6 Å². The second-order valence-corrected chi connectivity index (χ2v) is 10.0. The van der Waals surface area contributed by atoms with Gasteiger partial charge in [-0.2, -0.15) is 0 Å². The Morgan fingerprint density at radius 3 is 2.51 bits per heavy atom. The summed E-state index contributed by atoms with van der Waals surface area (Å²) in [6.45, 7) is 8.50. The summed E-state index contributed by atoms with van der Waals surface area (Å²) in [5.74, 6) is -1.85. The maximum atomic E-state index is 14.9. The standard InChI is InChI=1S/C26H28ClF2N5O3/c1-4-19(35)32-9-11-34-16(13-32)14-37-24-21(26(34)36)25(33-10-8-31(3)12-15(33)2)30-23(22(24)27)20-17(28)6-5-7-18(20)29/h4-7,15-16H,1,8-14H2,2-3H3/t15-,16?/m0/s1. The van der Waals surface area contributed by atoms with E-state index < -0.39 is 17.7 Å². The Morgan fingerprint density at radius 1 is 1.14 bits per heavy atom. The summed E-state index contributed by atoms with van der Waals surface area (Å²) in [4.78, 5) is 38.3. The van der Waals surface area contributed by atoms with E-state index in [4.69, 9.17) is 16.3 Å². The van der Waals surface area contributed by atoms with Gasteiger partial charge in [-0.3, -0.25) is 9.59 Å². The lowest BCUT2D eigenvalue weighted by molar-refractivity contribution is -0.128. The zero-order valence-corrected chi connectivity index (χ0v) is 21.5. The van der Waals surface area contributed by atoms with E-state index in [1.807, 2.05) is 18.9 Å². The van der Waals surface area contributed by atoms with Crippen LogP contribution in [-0.2, 0) is 4.79 Å². The number of carbonyl (C=O) groups is 2. The Balaban J connectivity index is 1.67. The van der Waals surface area contributed by atoms with Gasteiger partial charge in [-0.05, 0) is 32.2 Å². The second-order valence-electron chi connectivity index (χ2n) is 9.66. The van der Waals surface area contributed by atoms with Gasteiger partial charge >= 0.3 is 0 Å². The molecule has 3 aliphatic rings. The molecule has 0 saturated carbocycles. The fourth-order valence-corrected chi connectivity index (χ4v) is 5.61. The number of piperazine rings is 2. The summed E-state index contributed by atoms with van der Waals surface area (Å²) in [5.41, 5.74) is -0.319. The minimum absolute atomic E-state index is 0.0382. The maximum absolute atomic E-state index is 14.9. The van der Waals surface area contributed by atoms with Crippen molar-refractivity contribution in [2.24, 2.45) is 0 Å². The van der Waals surface area contributed by atoms with Crippen LogP contribution in [0.25, 0.3) is 11.3 Å². The monoisotopic (exact) mass is 531 g/mol. The van der Waals surface area contributed by atoms with Crippen LogP contribution >= 0.6 is 11.6 Å². The Morgan fingerprint density at radius 2 is 1.84 bits per heavy atom. The SMILES string of the molecule is C=CC(=O)N1CCN2C(=O)c3c(N4CCN(C)C[C@@H]4C)nc(-c4c(F)cccc4F)c(Cl)c3OCC2C1. The van der Waals surface area contributed by atoms with Crippen LogP contribution in [-0.4, -0.2) is 96.5 Å². The number of halogens is 3. The molecule has 0 bridgehead atoms. The summed E-state index contributed by atoms with van der Waals surface area (Å²) >= 11 is 6.72. The van der Waals surface area contributed by atoms with Gasteiger partial charge in [-0.25, -0.2) is 13.8 Å². The van der Waals surface area contributed by atoms with Crippen molar-refractivity contribution in [2.45, 2.75) is 19.0 Å². The lowest BCUT2D eigenvalue weighted by Gasteiger charge is -2.41. The topological polar surface area (TPSA) is 69.2 Å². The summed E-state index contributed by atoms with van der Waals surface area (Å²) < 4.78 is 35.9. The lowest BCUT2D eigenvalue weighted by Crippen LogP contribution is -2.57. The van der Waals surface area contributed by atoms with Crippen LogP contribution in [0.5, 0.6) is 5.75 Å². The van der Waals surface area contributed by atoms with Crippen molar-refractivity contribution < 1.29 is 23.1 Å². The highest BCUT2D eigenvalue weighted by molar-refractivity contribution is 6.35. The van der Waals surface area contributed by atoms with Gasteiger partial charge in [0.1, 0.15) is 40.3 Å². The molecule has 196 valence electrons. The minimum atomic E-state index is -0.817. The molecule has 2 amide bonds. The van der Waals surface area contributed by atoms with Crippen molar-refractivity contribution in [3.8, 4) is 17.0 Å². The number of aromatic nitrogens is 1. The lowest BCUT2D eigenvalue weighted by atomic mass is 10.0. The molecule has 0 aliphatic carbocycles. The molecule has 5 rings (SSSR count). The molecule has 3 aliphatic heterocycles. The predicted molar refractivity (Wildman–Crippen MR) is 136 cm³/mol. The Labute approximate surface area is 219 Å². The van der Waals surface area contributed by atoms with E-state index in [1.165, 1.54) is 12.1 Å². The molecule has 37 heavy (non-hydrogen) atoms. The van der Waals surface area contributed by atoms with Crippen LogP contribution in [0.2, 0.25) is 5.02 Å². The van der Waals surface area contributed by atoms with Crippen molar-refractivity contribution >= 4 is 29.2 Å². The van der Waals surface area contributed by atoms with Crippen LogP contribution in [0.4, 0.5) is 14.6 Å². The number of rotatable bonds is 3. The number of ether oxygens (including phenoxy) is 1. The van der Waals surface area contributed by atoms with Crippen LogP contribution in [0.1, 0.15) is 17.3 Å². The number of benzene rings is 1. The Bertz CT molecular complexity index is 1260. The number of fused-ring (bicyclic) bond motifs is 2. The molecule has 2 saturated heterocycles. The smallest absolute Gasteiger partial charge is 0.261 e. The minimum Gasteiger partial charge on any atom is -0.489 e. The molecule has 8 nitrogen and oxygen atoms in total. The number of pyridine rings is 1. The van der Waals surface area contributed by atoms with Crippen molar-refractivity contribution in [2.75, 3.05) is 57.8 Å². The molecule has 2 aromatic rings. The zero-order valence-electron chi connectivity index (χ0n) is 20.7. The summed E-state index contributed by atoms with van der Waals surface area (Å²) in [5, 5.41) is -0.128. The fraction of sp³-hybridized carbons (Fsp3) is 0.423. The second kappa shape index (κ2) is 9.90. The van der Waals surface area contributed by atoms with Gasteiger partial charge in [0.05, 0.1) is 11.6 Å². The number of nitrogens with zero attached hydrogens (tertiary/aromatic N) is 5. The Hall–Kier alpha value is -3.24. The average Bonchev–Trinajstić information content (AvgIpc) is 3.01. The third kappa shape index (κ3) is 4.42. The van der Waals surface area contributed by atoms with E-state index in [9.17, 15) is 18.4 Å². The molecule has 0 radical (unpaired) electrons.